The molecule has 0 saturated carbocycles. The lowest BCUT2D eigenvalue weighted by molar-refractivity contribution is -0.137. The van der Waals surface area contributed by atoms with Gasteiger partial charge in [0, 0.05) is 6.08 Å². The van der Waals surface area contributed by atoms with E-state index in [0.29, 0.717) is 13.0 Å². The molecule has 0 rings (SSSR count). The van der Waals surface area contributed by atoms with E-state index in [-0.39, 0.29) is 0 Å². The van der Waals surface area contributed by atoms with Crippen LogP contribution in [0.25, 0.3) is 0 Å². The molecule has 0 aromatic carbocycles. The molecule has 3 heteroatoms. The van der Waals surface area contributed by atoms with Crippen molar-refractivity contribution in [3.05, 3.63) is 12.2 Å². The van der Waals surface area contributed by atoms with E-state index in [1.807, 2.05) is 0 Å². The molecule has 0 fully saturated rings. The van der Waals surface area contributed by atoms with Gasteiger partial charge in [-0.1, -0.05) is 19.8 Å². The molecular weight excluding hydrogens is 168 g/mol. The molecule has 0 aliphatic carbocycles. The molecule has 1 unspecified atom stereocenters. The number of rotatable bonds is 6. The van der Waals surface area contributed by atoms with Gasteiger partial charge < -0.3 is 9.84 Å². The molecule has 0 aliphatic heterocycles. The Hall–Kier alpha value is -0.830. The first-order chi connectivity index (χ1) is 6.20. The van der Waals surface area contributed by atoms with Gasteiger partial charge >= 0.3 is 5.97 Å². The maximum atomic E-state index is 10.8. The van der Waals surface area contributed by atoms with Gasteiger partial charge in [0.25, 0.3) is 0 Å². The summed E-state index contributed by atoms with van der Waals surface area (Å²) < 4.78 is 4.66. The first-order valence-electron chi connectivity index (χ1n) is 4.73. The van der Waals surface area contributed by atoms with Crippen LogP contribution in [0.1, 0.15) is 33.1 Å². The second-order valence-corrected chi connectivity index (χ2v) is 2.82. The van der Waals surface area contributed by atoms with Gasteiger partial charge in [-0.15, -0.1) is 0 Å². The highest BCUT2D eigenvalue weighted by Gasteiger charge is 1.99. The number of hydrogen-bond acceptors (Lipinski definition) is 3. The van der Waals surface area contributed by atoms with Crippen molar-refractivity contribution in [3.63, 3.8) is 0 Å². The Bertz CT molecular complexity index is 164. The van der Waals surface area contributed by atoms with Crippen molar-refractivity contribution >= 4 is 5.97 Å². The maximum absolute atomic E-state index is 10.8. The summed E-state index contributed by atoms with van der Waals surface area (Å²) in [6, 6.07) is 0. The molecule has 76 valence electrons. The molecule has 0 saturated heterocycles. The van der Waals surface area contributed by atoms with E-state index in [4.69, 9.17) is 0 Å². The minimum atomic E-state index is -0.524. The maximum Gasteiger partial charge on any atom is 0.330 e. The Morgan fingerprint density at radius 2 is 2.23 bits per heavy atom. The van der Waals surface area contributed by atoms with Crippen molar-refractivity contribution < 1.29 is 14.6 Å². The predicted molar refractivity (Wildman–Crippen MR) is 51.3 cm³/mol. The van der Waals surface area contributed by atoms with Crippen molar-refractivity contribution in [2.75, 3.05) is 6.61 Å². The zero-order chi connectivity index (χ0) is 10.1. The smallest absolute Gasteiger partial charge is 0.330 e. The first kappa shape index (κ1) is 12.2. The van der Waals surface area contributed by atoms with Crippen molar-refractivity contribution in [1.82, 2.24) is 0 Å². The molecule has 0 spiro atoms. The van der Waals surface area contributed by atoms with Gasteiger partial charge in [-0.3, -0.25) is 0 Å². The standard InChI is InChI=1S/C10H18O3/c1-3-5-6-9(11)7-8-10(12)13-4-2/h7-9,11H,3-6H2,1-2H3. The average Bonchev–Trinajstić information content (AvgIpc) is 2.12. The van der Waals surface area contributed by atoms with Crippen LogP contribution >= 0.6 is 0 Å². The van der Waals surface area contributed by atoms with E-state index in [0.717, 1.165) is 12.8 Å². The van der Waals surface area contributed by atoms with Crippen LogP contribution in [0.5, 0.6) is 0 Å². The predicted octanol–water partition coefficient (Wildman–Crippen LogP) is 1.66. The summed E-state index contributed by atoms with van der Waals surface area (Å²) in [4.78, 5) is 10.8. The van der Waals surface area contributed by atoms with Gasteiger partial charge in [-0.2, -0.15) is 0 Å². The normalized spacial score (nSPS) is 13.2. The van der Waals surface area contributed by atoms with Crippen LogP contribution < -0.4 is 0 Å². The third-order valence-electron chi connectivity index (χ3n) is 1.59. The van der Waals surface area contributed by atoms with Gasteiger partial charge in [0.05, 0.1) is 12.7 Å². The van der Waals surface area contributed by atoms with Crippen LogP contribution in [0.4, 0.5) is 0 Å². The Morgan fingerprint density at radius 1 is 1.54 bits per heavy atom. The van der Waals surface area contributed by atoms with Crippen molar-refractivity contribution in [2.24, 2.45) is 0 Å². The Kier molecular flexibility index (Phi) is 7.30. The number of carbonyl (C=O) groups is 1. The molecule has 0 amide bonds. The van der Waals surface area contributed by atoms with Gasteiger partial charge in [-0.05, 0) is 19.4 Å². The first-order valence-corrected chi connectivity index (χ1v) is 4.73. The summed E-state index contributed by atoms with van der Waals surface area (Å²) in [6.07, 6.45) is 4.95. The summed E-state index contributed by atoms with van der Waals surface area (Å²) in [6.45, 7) is 4.18. The molecular formula is C10H18O3. The van der Waals surface area contributed by atoms with Gasteiger partial charge in [0.2, 0.25) is 0 Å². The van der Waals surface area contributed by atoms with Crippen LogP contribution in [0, 0.1) is 0 Å². The van der Waals surface area contributed by atoms with Crippen LogP contribution in [0.2, 0.25) is 0 Å². The molecule has 1 atom stereocenters. The van der Waals surface area contributed by atoms with E-state index >= 15 is 0 Å². The van der Waals surface area contributed by atoms with E-state index in [1.54, 1.807) is 6.92 Å². The average molecular weight is 186 g/mol. The van der Waals surface area contributed by atoms with Crippen LogP contribution in [-0.2, 0) is 9.53 Å². The van der Waals surface area contributed by atoms with Crippen molar-refractivity contribution in [2.45, 2.75) is 39.2 Å². The number of ether oxygens (including phenoxy) is 1. The van der Waals surface area contributed by atoms with Gasteiger partial charge in [0.1, 0.15) is 0 Å². The molecule has 1 N–H and O–H groups in total. The molecule has 13 heavy (non-hydrogen) atoms. The van der Waals surface area contributed by atoms with Crippen molar-refractivity contribution in [1.29, 1.82) is 0 Å². The third-order valence-corrected chi connectivity index (χ3v) is 1.59. The number of carbonyl (C=O) groups excluding carboxylic acids is 1. The van der Waals surface area contributed by atoms with Crippen LogP contribution in [0.3, 0.4) is 0 Å². The van der Waals surface area contributed by atoms with E-state index in [1.165, 1.54) is 12.2 Å². The zero-order valence-corrected chi connectivity index (χ0v) is 8.32. The second kappa shape index (κ2) is 7.80. The van der Waals surface area contributed by atoms with E-state index in [2.05, 4.69) is 11.7 Å². The summed E-state index contributed by atoms with van der Waals surface area (Å²) in [7, 11) is 0. The number of hydrogen-bond donors (Lipinski definition) is 1. The fraction of sp³-hybridized carbons (Fsp3) is 0.700. The summed E-state index contributed by atoms with van der Waals surface area (Å²) >= 11 is 0. The minimum Gasteiger partial charge on any atom is -0.463 e. The Balaban J connectivity index is 3.62. The summed E-state index contributed by atoms with van der Waals surface area (Å²) in [5.74, 6) is -0.391. The molecule has 0 bridgehead atoms. The number of aliphatic hydroxyl groups excluding tert-OH is 1. The minimum absolute atomic E-state index is 0.369. The summed E-state index contributed by atoms with van der Waals surface area (Å²) in [5.41, 5.74) is 0. The zero-order valence-electron chi connectivity index (χ0n) is 8.32. The number of aliphatic hydroxyl groups is 1. The largest absolute Gasteiger partial charge is 0.463 e. The monoisotopic (exact) mass is 186 g/mol. The van der Waals surface area contributed by atoms with E-state index in [9.17, 15) is 9.90 Å². The Morgan fingerprint density at radius 3 is 2.77 bits per heavy atom. The molecule has 3 nitrogen and oxygen atoms in total. The number of unbranched alkanes of at least 4 members (excludes halogenated alkanes) is 1. The molecule has 0 aromatic rings. The molecule has 0 heterocycles. The fourth-order valence-corrected chi connectivity index (χ4v) is 0.890. The number of esters is 1. The summed E-state index contributed by atoms with van der Waals surface area (Å²) in [5, 5.41) is 9.30. The van der Waals surface area contributed by atoms with Gasteiger partial charge in [-0.25, -0.2) is 4.79 Å². The Labute approximate surface area is 79.4 Å². The fourth-order valence-electron chi connectivity index (χ4n) is 0.890. The van der Waals surface area contributed by atoms with Crippen LogP contribution in [0.15, 0.2) is 12.2 Å². The molecule has 0 radical (unpaired) electrons. The second-order valence-electron chi connectivity index (χ2n) is 2.82. The lowest BCUT2D eigenvalue weighted by Gasteiger charge is -2.02. The third kappa shape index (κ3) is 7.53. The van der Waals surface area contributed by atoms with E-state index < -0.39 is 12.1 Å². The highest BCUT2D eigenvalue weighted by atomic mass is 16.5. The van der Waals surface area contributed by atoms with Gasteiger partial charge in [0.15, 0.2) is 0 Å². The molecule has 0 aliphatic rings. The lowest BCUT2D eigenvalue weighted by Crippen LogP contribution is -2.05. The molecule has 0 aromatic heterocycles. The highest BCUT2D eigenvalue weighted by Crippen LogP contribution is 2.01. The van der Waals surface area contributed by atoms with Crippen molar-refractivity contribution in [3.8, 4) is 0 Å². The van der Waals surface area contributed by atoms with Crippen LogP contribution in [-0.4, -0.2) is 23.8 Å². The SMILES string of the molecule is CCCCC(O)C=CC(=O)OCC. The lowest BCUT2D eigenvalue weighted by atomic mass is 10.1. The topological polar surface area (TPSA) is 46.5 Å². The highest BCUT2D eigenvalue weighted by molar-refractivity contribution is 5.81. The quantitative estimate of drug-likeness (QED) is 0.507.